The molecule has 0 saturated carbocycles. The van der Waals surface area contributed by atoms with Crippen molar-refractivity contribution < 1.29 is 0 Å². The SMILES string of the molecule is c1ccc(-c2ccc(-n3c4ccccc4c4cc(-c5ccc6c(c5)c5ccccc5n6-c5ccc(-c6ccc(-c7cccc(C8(c9cccc(-c%10ccccc%10-c%10ccccc%10)c9)c9ccccc9-c9ccccc98)c7)cc6)cc5)ccc43)cc2)cc1. The predicted octanol–water partition coefficient (Wildman–Crippen LogP) is 22.2. The number of hydrogen-bond donors (Lipinski definition) is 0. The van der Waals surface area contributed by atoms with Gasteiger partial charge < -0.3 is 9.13 Å². The maximum atomic E-state index is 2.44. The van der Waals surface area contributed by atoms with Gasteiger partial charge in [-0.15, -0.1) is 0 Å². The van der Waals surface area contributed by atoms with Crippen molar-refractivity contribution in [1.82, 2.24) is 9.13 Å². The standard InChI is InChI=1S/C85H56N2/c1-3-19-57(20-4-1)59-41-47-69(48-42-59)86-81-35-15-11-31-75(81)77-55-64(45-51-83(77)86)65-46-52-84-78(56-65)76-32-12-16-36-82(76)87(84)70-49-43-60(44-50-70)58-37-39-61(40-38-58)63-23-17-25-67(53-63)85(79-33-13-9-29-73(79)74-30-10-14-34-80(74)85)68-26-18-24-66(54-68)72-28-8-7-27-71(72)62-21-5-2-6-22-62/h1-56H. The summed E-state index contributed by atoms with van der Waals surface area (Å²) in [5, 5.41) is 4.96. The molecule has 0 saturated heterocycles. The summed E-state index contributed by atoms with van der Waals surface area (Å²) in [7, 11) is 0. The molecule has 17 rings (SSSR count). The van der Waals surface area contributed by atoms with Crippen LogP contribution < -0.4 is 0 Å². The van der Waals surface area contributed by atoms with E-state index < -0.39 is 5.41 Å². The van der Waals surface area contributed by atoms with Gasteiger partial charge in [0.1, 0.15) is 0 Å². The van der Waals surface area contributed by atoms with Gasteiger partial charge in [-0.25, -0.2) is 0 Å². The highest BCUT2D eigenvalue weighted by atomic mass is 15.0. The van der Waals surface area contributed by atoms with E-state index in [1.165, 1.54) is 144 Å². The summed E-state index contributed by atoms with van der Waals surface area (Å²) in [6, 6.07) is 126. The number of hydrogen-bond acceptors (Lipinski definition) is 0. The molecule has 2 aromatic heterocycles. The molecule has 87 heavy (non-hydrogen) atoms. The Kier molecular flexibility index (Phi) is 11.8. The zero-order valence-electron chi connectivity index (χ0n) is 47.7. The Morgan fingerprint density at radius 1 is 0.184 bits per heavy atom. The van der Waals surface area contributed by atoms with Gasteiger partial charge in [-0.2, -0.15) is 0 Å². The fourth-order valence-electron chi connectivity index (χ4n) is 14.4. The van der Waals surface area contributed by atoms with E-state index in [1.54, 1.807) is 0 Å². The highest BCUT2D eigenvalue weighted by molar-refractivity contribution is 6.13. The fraction of sp³-hybridized carbons (Fsp3) is 0.0118. The Bertz CT molecular complexity index is 5250. The summed E-state index contributed by atoms with van der Waals surface area (Å²) in [4.78, 5) is 0. The van der Waals surface area contributed by atoms with Crippen molar-refractivity contribution in [3.63, 3.8) is 0 Å². The van der Waals surface area contributed by atoms with Crippen LogP contribution in [-0.2, 0) is 5.41 Å². The number of aromatic nitrogens is 2. The van der Waals surface area contributed by atoms with Crippen LogP contribution in [0.25, 0.3) is 133 Å². The molecule has 2 nitrogen and oxygen atoms in total. The third-order valence-electron chi connectivity index (χ3n) is 18.5. The first kappa shape index (κ1) is 50.2. The van der Waals surface area contributed by atoms with Crippen LogP contribution in [0.2, 0.25) is 0 Å². The first-order chi connectivity index (χ1) is 43.1. The minimum atomic E-state index is -0.558. The lowest BCUT2D eigenvalue weighted by Crippen LogP contribution is -2.28. The normalized spacial score (nSPS) is 12.5. The van der Waals surface area contributed by atoms with E-state index in [4.69, 9.17) is 0 Å². The first-order valence-electron chi connectivity index (χ1n) is 30.1. The smallest absolute Gasteiger partial charge is 0.0713 e. The summed E-state index contributed by atoms with van der Waals surface area (Å²) < 4.78 is 4.82. The monoisotopic (exact) mass is 1100 g/mol. The second-order valence-corrected chi connectivity index (χ2v) is 23.1. The third kappa shape index (κ3) is 8.17. The summed E-state index contributed by atoms with van der Waals surface area (Å²) in [5.41, 5.74) is 28.6. The first-order valence-corrected chi connectivity index (χ1v) is 30.1. The molecule has 2 heterocycles. The van der Waals surface area contributed by atoms with Crippen LogP contribution in [0.1, 0.15) is 22.3 Å². The van der Waals surface area contributed by atoms with Crippen LogP contribution in [0, 0.1) is 0 Å². The molecule has 14 aromatic carbocycles. The Morgan fingerprint density at radius 3 is 1.01 bits per heavy atom. The average Bonchev–Trinajstić information content (AvgIpc) is 1.65. The van der Waals surface area contributed by atoms with Gasteiger partial charge in [-0.1, -0.05) is 267 Å². The van der Waals surface area contributed by atoms with Crippen molar-refractivity contribution in [3.8, 4) is 89.3 Å². The number of nitrogens with zero attached hydrogens (tertiary/aromatic N) is 2. The molecule has 0 radical (unpaired) electrons. The molecule has 0 bridgehead atoms. The molecule has 0 amide bonds. The van der Waals surface area contributed by atoms with E-state index in [2.05, 4.69) is 349 Å². The number of para-hydroxylation sites is 2. The lowest BCUT2D eigenvalue weighted by molar-refractivity contribution is 0.769. The van der Waals surface area contributed by atoms with Crippen LogP contribution >= 0.6 is 0 Å². The highest BCUT2D eigenvalue weighted by Gasteiger charge is 2.46. The molecule has 1 aliphatic carbocycles. The van der Waals surface area contributed by atoms with Crippen molar-refractivity contribution in [3.05, 3.63) is 362 Å². The van der Waals surface area contributed by atoms with Gasteiger partial charge in [0.15, 0.2) is 0 Å². The molecule has 0 atom stereocenters. The van der Waals surface area contributed by atoms with Gasteiger partial charge in [-0.05, 0) is 173 Å². The Morgan fingerprint density at radius 2 is 0.506 bits per heavy atom. The van der Waals surface area contributed by atoms with E-state index in [9.17, 15) is 0 Å². The molecule has 0 N–H and O–H groups in total. The van der Waals surface area contributed by atoms with E-state index in [0.29, 0.717) is 0 Å². The van der Waals surface area contributed by atoms with E-state index in [1.807, 2.05) is 0 Å². The van der Waals surface area contributed by atoms with E-state index >= 15 is 0 Å². The Balaban J connectivity index is 0.691. The molecule has 1 aliphatic rings. The van der Waals surface area contributed by atoms with Crippen LogP contribution in [0.5, 0.6) is 0 Å². The Hall–Kier alpha value is -11.3. The van der Waals surface area contributed by atoms with Crippen molar-refractivity contribution in [2.45, 2.75) is 5.41 Å². The molecule has 2 heteroatoms. The zero-order chi connectivity index (χ0) is 57.4. The largest absolute Gasteiger partial charge is 0.309 e. The lowest BCUT2D eigenvalue weighted by atomic mass is 9.67. The molecule has 0 fully saturated rings. The molecule has 406 valence electrons. The van der Waals surface area contributed by atoms with Gasteiger partial charge in [-0.3, -0.25) is 0 Å². The highest BCUT2D eigenvalue weighted by Crippen LogP contribution is 2.57. The lowest BCUT2D eigenvalue weighted by Gasteiger charge is -2.34. The number of benzene rings is 14. The predicted molar refractivity (Wildman–Crippen MR) is 365 cm³/mol. The van der Waals surface area contributed by atoms with Crippen LogP contribution in [0.3, 0.4) is 0 Å². The Labute approximate surface area is 506 Å². The van der Waals surface area contributed by atoms with Crippen molar-refractivity contribution >= 4 is 43.6 Å². The second-order valence-electron chi connectivity index (χ2n) is 23.1. The van der Waals surface area contributed by atoms with Crippen LogP contribution in [-0.4, -0.2) is 9.13 Å². The molecule has 0 aliphatic heterocycles. The minimum Gasteiger partial charge on any atom is -0.309 e. The second kappa shape index (κ2) is 20.5. The van der Waals surface area contributed by atoms with Gasteiger partial charge in [0.2, 0.25) is 0 Å². The van der Waals surface area contributed by atoms with Crippen LogP contribution in [0.4, 0.5) is 0 Å². The van der Waals surface area contributed by atoms with Gasteiger partial charge in [0.25, 0.3) is 0 Å². The third-order valence-corrected chi connectivity index (χ3v) is 18.5. The fourth-order valence-corrected chi connectivity index (χ4v) is 14.4. The molecular weight excluding hydrogens is 1050 g/mol. The number of fused-ring (bicyclic) bond motifs is 9. The van der Waals surface area contributed by atoms with Crippen molar-refractivity contribution in [2.75, 3.05) is 0 Å². The maximum Gasteiger partial charge on any atom is 0.0713 e. The van der Waals surface area contributed by atoms with Gasteiger partial charge in [0, 0.05) is 32.9 Å². The van der Waals surface area contributed by atoms with Crippen molar-refractivity contribution in [1.29, 1.82) is 0 Å². The summed E-state index contributed by atoms with van der Waals surface area (Å²) in [5.74, 6) is 0. The minimum absolute atomic E-state index is 0.558. The maximum absolute atomic E-state index is 2.44. The molecule has 16 aromatic rings. The van der Waals surface area contributed by atoms with E-state index in [0.717, 1.165) is 11.4 Å². The van der Waals surface area contributed by atoms with Gasteiger partial charge >= 0.3 is 0 Å². The number of rotatable bonds is 10. The molecular formula is C85H56N2. The zero-order valence-corrected chi connectivity index (χ0v) is 47.7. The average molecular weight is 1110 g/mol. The summed E-state index contributed by atoms with van der Waals surface area (Å²) in [6.45, 7) is 0. The van der Waals surface area contributed by atoms with Crippen molar-refractivity contribution in [2.24, 2.45) is 0 Å². The molecule has 0 spiro atoms. The quantitative estimate of drug-likeness (QED) is 0.129. The summed E-state index contributed by atoms with van der Waals surface area (Å²) in [6.07, 6.45) is 0. The van der Waals surface area contributed by atoms with Crippen LogP contribution in [0.15, 0.2) is 340 Å². The topological polar surface area (TPSA) is 9.86 Å². The molecule has 0 unspecified atom stereocenters. The summed E-state index contributed by atoms with van der Waals surface area (Å²) >= 11 is 0. The van der Waals surface area contributed by atoms with Gasteiger partial charge in [0.05, 0.1) is 27.5 Å². The van der Waals surface area contributed by atoms with E-state index in [-0.39, 0.29) is 0 Å².